The molecular weight excluding hydrogens is 836 g/mol. The smallest absolute Gasteiger partial charge is 0.331 e. The summed E-state index contributed by atoms with van der Waals surface area (Å²) in [4.78, 5) is 51.1. The molecule has 0 saturated carbocycles. The van der Waals surface area contributed by atoms with Crippen LogP contribution in [0.3, 0.4) is 0 Å². The number of phenols is 3. The van der Waals surface area contributed by atoms with E-state index >= 15 is 0 Å². The summed E-state index contributed by atoms with van der Waals surface area (Å²) in [6.07, 6.45) is -8.25. The van der Waals surface area contributed by atoms with Crippen molar-refractivity contribution in [2.45, 2.75) is 61.7 Å². The van der Waals surface area contributed by atoms with E-state index in [2.05, 4.69) is 0 Å². The van der Waals surface area contributed by atoms with Gasteiger partial charge in [0.1, 0.15) is 62.2 Å². The molecule has 0 spiro atoms. The largest absolute Gasteiger partial charge is 0.508 e. The first-order valence-corrected chi connectivity index (χ1v) is 19.0. The molecule has 0 aliphatic carbocycles. The van der Waals surface area contributed by atoms with Crippen LogP contribution in [0.1, 0.15) is 23.6 Å². The van der Waals surface area contributed by atoms with Gasteiger partial charge in [-0.05, 0) is 71.3 Å². The van der Waals surface area contributed by atoms with Gasteiger partial charge in [-0.25, -0.2) is 14.4 Å². The summed E-state index contributed by atoms with van der Waals surface area (Å²) in [6.45, 7) is -1.38. The predicted octanol–water partition coefficient (Wildman–Crippen LogP) is 1.10. The SMILES string of the molecule is COc1cc(C=CC(=O)OC[C@H]2O[C@@](COC(=O)C=Cc3ccc(O)c(OC)c3)(O[C@H]3O[C@H](COC(C)=O)[C@@H](O)[C@H](O)[C@H]3O)[C@@H](OC(=O)C=Cc3ccc(O)cc3)[C@@H]2O)ccc1O. The van der Waals surface area contributed by atoms with Gasteiger partial charge in [0.15, 0.2) is 35.4 Å². The maximum Gasteiger partial charge on any atom is 0.331 e. The molecule has 2 aliphatic rings. The van der Waals surface area contributed by atoms with Crippen molar-refractivity contribution in [2.75, 3.05) is 34.0 Å². The third-order valence-electron chi connectivity index (χ3n) is 9.50. The van der Waals surface area contributed by atoms with Crippen LogP contribution in [-0.4, -0.2) is 148 Å². The number of esters is 4. The zero-order chi connectivity index (χ0) is 45.8. The zero-order valence-electron chi connectivity index (χ0n) is 33.9. The summed E-state index contributed by atoms with van der Waals surface area (Å²) in [7, 11) is 2.66. The zero-order valence-corrected chi connectivity index (χ0v) is 33.9. The average Bonchev–Trinajstić information content (AvgIpc) is 3.52. The molecule has 0 amide bonds. The monoisotopic (exact) mass is 882 g/mol. The van der Waals surface area contributed by atoms with Gasteiger partial charge >= 0.3 is 23.9 Å². The Hall–Kier alpha value is -6.52. The number of rotatable bonds is 17. The molecule has 2 aliphatic heterocycles. The number of carbonyl (C=O) groups excluding carboxylic acids is 4. The Kier molecular flexibility index (Phi) is 16.2. The van der Waals surface area contributed by atoms with Crippen molar-refractivity contribution in [3.63, 3.8) is 0 Å². The Labute approximate surface area is 359 Å². The van der Waals surface area contributed by atoms with Gasteiger partial charge in [-0.2, -0.15) is 0 Å². The van der Waals surface area contributed by atoms with E-state index in [9.17, 15) is 54.9 Å². The van der Waals surface area contributed by atoms with Crippen LogP contribution in [0.4, 0.5) is 0 Å². The summed E-state index contributed by atoms with van der Waals surface area (Å²) in [6, 6.07) is 14.1. The van der Waals surface area contributed by atoms with Crippen LogP contribution in [-0.2, 0) is 52.3 Å². The lowest BCUT2D eigenvalue weighted by atomic mass is 9.98. The van der Waals surface area contributed by atoms with Crippen molar-refractivity contribution < 1.29 is 97.6 Å². The van der Waals surface area contributed by atoms with Gasteiger partial charge in [0.2, 0.25) is 5.79 Å². The fraction of sp³-hybridized carbons (Fsp3) is 0.349. The molecule has 5 rings (SSSR count). The van der Waals surface area contributed by atoms with Crippen LogP contribution in [0.25, 0.3) is 18.2 Å². The van der Waals surface area contributed by atoms with Gasteiger partial charge in [0, 0.05) is 25.2 Å². The van der Waals surface area contributed by atoms with E-state index in [1.807, 2.05) is 0 Å². The molecule has 3 aromatic carbocycles. The summed E-state index contributed by atoms with van der Waals surface area (Å²) in [5.41, 5.74) is 1.26. The van der Waals surface area contributed by atoms with Crippen molar-refractivity contribution in [3.05, 3.63) is 95.6 Å². The van der Waals surface area contributed by atoms with Crippen LogP contribution in [0, 0.1) is 0 Å². The highest BCUT2D eigenvalue weighted by Crippen LogP contribution is 2.39. The number of hydrogen-bond donors (Lipinski definition) is 7. The quantitative estimate of drug-likeness (QED) is 0.0567. The average molecular weight is 883 g/mol. The lowest BCUT2D eigenvalue weighted by Crippen LogP contribution is -2.63. The molecule has 2 saturated heterocycles. The molecule has 63 heavy (non-hydrogen) atoms. The highest BCUT2D eigenvalue weighted by atomic mass is 16.8. The van der Waals surface area contributed by atoms with Gasteiger partial charge in [-0.1, -0.05) is 24.3 Å². The van der Waals surface area contributed by atoms with Crippen molar-refractivity contribution in [1.29, 1.82) is 0 Å². The third kappa shape index (κ3) is 12.5. The summed E-state index contributed by atoms with van der Waals surface area (Å²) in [5.74, 6) is -6.72. The van der Waals surface area contributed by atoms with E-state index in [1.54, 1.807) is 0 Å². The Morgan fingerprint density at radius 1 is 0.635 bits per heavy atom. The topological polar surface area (TPSA) is 293 Å². The summed E-state index contributed by atoms with van der Waals surface area (Å²) in [5, 5.41) is 73.7. The highest BCUT2D eigenvalue weighted by Gasteiger charge is 2.62. The number of aliphatic hydroxyl groups excluding tert-OH is 4. The minimum atomic E-state index is -2.66. The third-order valence-corrected chi connectivity index (χ3v) is 9.50. The van der Waals surface area contributed by atoms with Crippen molar-refractivity contribution in [2.24, 2.45) is 0 Å². The number of hydrogen-bond acceptors (Lipinski definition) is 20. The van der Waals surface area contributed by atoms with Gasteiger partial charge in [0.25, 0.3) is 0 Å². The molecule has 20 nitrogen and oxygen atoms in total. The second-order valence-corrected chi connectivity index (χ2v) is 13.9. The van der Waals surface area contributed by atoms with E-state index in [0.29, 0.717) is 16.7 Å². The van der Waals surface area contributed by atoms with E-state index < -0.39 is 98.5 Å². The Balaban J connectivity index is 1.47. The van der Waals surface area contributed by atoms with Crippen LogP contribution in [0.15, 0.2) is 78.9 Å². The van der Waals surface area contributed by atoms with Crippen molar-refractivity contribution in [3.8, 4) is 28.7 Å². The molecule has 0 radical (unpaired) electrons. The minimum absolute atomic E-state index is 0.0438. The number of phenolic OH excluding ortho intramolecular Hbond substituents is 3. The Bertz CT molecular complexity index is 2170. The number of ether oxygens (including phenoxy) is 9. The summed E-state index contributed by atoms with van der Waals surface area (Å²) >= 11 is 0. The van der Waals surface area contributed by atoms with E-state index in [4.69, 9.17) is 42.6 Å². The molecule has 7 N–H and O–H groups in total. The molecule has 20 heteroatoms. The number of methoxy groups -OCH3 is 2. The van der Waals surface area contributed by atoms with E-state index in [1.165, 1.54) is 93.1 Å². The predicted molar refractivity (Wildman–Crippen MR) is 214 cm³/mol. The molecule has 338 valence electrons. The molecule has 9 atom stereocenters. The molecule has 0 aromatic heterocycles. The molecule has 2 fully saturated rings. The number of carbonyl (C=O) groups is 4. The van der Waals surface area contributed by atoms with Gasteiger partial charge in [-0.3, -0.25) is 4.79 Å². The standard InChI is InChI=1S/C43H46O20/c1-23(44)57-20-32-37(51)39(53)40(54)42(60-32)63-43(22-59-35(49)16-10-26-7-14-29(47)31(19-26)56-3)41(61-36(50)17-8-24-4-11-27(45)12-5-24)38(52)33(62-43)21-58-34(48)15-9-25-6-13-28(46)30(18-25)55-2/h4-19,32-33,37-42,45-47,51-54H,20-22H2,1-3H3/t32-,33-,37-,38-,39+,40-,41+,42-,43+/m1/s1. The van der Waals surface area contributed by atoms with Crippen LogP contribution >= 0.6 is 0 Å². The van der Waals surface area contributed by atoms with Crippen molar-refractivity contribution in [1.82, 2.24) is 0 Å². The molecule has 0 bridgehead atoms. The van der Waals surface area contributed by atoms with Crippen LogP contribution in [0.5, 0.6) is 28.7 Å². The first-order chi connectivity index (χ1) is 30.0. The number of aromatic hydroxyl groups is 3. The van der Waals surface area contributed by atoms with E-state index in [-0.39, 0.29) is 28.7 Å². The lowest BCUT2D eigenvalue weighted by Gasteiger charge is -2.43. The highest BCUT2D eigenvalue weighted by molar-refractivity contribution is 5.88. The van der Waals surface area contributed by atoms with Crippen LogP contribution in [0.2, 0.25) is 0 Å². The van der Waals surface area contributed by atoms with Gasteiger partial charge in [0.05, 0.1) is 14.2 Å². The van der Waals surface area contributed by atoms with E-state index in [0.717, 1.165) is 25.2 Å². The first kappa shape index (κ1) is 47.5. The van der Waals surface area contributed by atoms with Gasteiger partial charge < -0.3 is 78.4 Å². The van der Waals surface area contributed by atoms with Crippen molar-refractivity contribution >= 4 is 42.1 Å². The molecule has 0 unspecified atom stereocenters. The Morgan fingerprint density at radius 2 is 1.16 bits per heavy atom. The Morgan fingerprint density at radius 3 is 1.73 bits per heavy atom. The maximum atomic E-state index is 13.4. The molecule has 2 heterocycles. The second kappa shape index (κ2) is 21.5. The fourth-order valence-electron chi connectivity index (χ4n) is 6.20. The summed E-state index contributed by atoms with van der Waals surface area (Å²) < 4.78 is 49.5. The fourth-order valence-corrected chi connectivity index (χ4v) is 6.20. The first-order valence-electron chi connectivity index (χ1n) is 19.0. The normalized spacial score (nSPS) is 25.8. The maximum absolute atomic E-state index is 13.4. The minimum Gasteiger partial charge on any atom is -0.508 e. The number of aliphatic hydroxyl groups is 4. The second-order valence-electron chi connectivity index (χ2n) is 13.9. The molecule has 3 aromatic rings. The molecular formula is C43H46O20. The van der Waals surface area contributed by atoms with Gasteiger partial charge in [-0.15, -0.1) is 0 Å². The van der Waals surface area contributed by atoms with Crippen LogP contribution < -0.4 is 9.47 Å². The lowest BCUT2D eigenvalue weighted by molar-refractivity contribution is -0.383. The number of benzene rings is 3.